The summed E-state index contributed by atoms with van der Waals surface area (Å²) in [7, 11) is 0. The minimum absolute atomic E-state index is 0.158. The van der Waals surface area contributed by atoms with Crippen molar-refractivity contribution in [2.24, 2.45) is 0 Å². The smallest absolute Gasteiger partial charge is 0.0159 e. The van der Waals surface area contributed by atoms with Gasteiger partial charge in [0, 0.05) is 5.41 Å². The lowest BCUT2D eigenvalue weighted by molar-refractivity contribution is 0.661. The maximum absolute atomic E-state index is 2.47. The van der Waals surface area contributed by atoms with Gasteiger partial charge < -0.3 is 0 Å². The number of hydrogen-bond donors (Lipinski definition) is 0. The maximum atomic E-state index is 2.47. The summed E-state index contributed by atoms with van der Waals surface area (Å²) < 4.78 is 0. The van der Waals surface area contributed by atoms with Crippen LogP contribution in [0.15, 0.2) is 206 Å². The first-order valence-electron chi connectivity index (χ1n) is 20.7. The minimum Gasteiger partial charge on any atom is -0.0616 e. The van der Waals surface area contributed by atoms with Gasteiger partial charge in [-0.2, -0.15) is 0 Å². The molecule has 0 saturated heterocycles. The summed E-state index contributed by atoms with van der Waals surface area (Å²) >= 11 is 0. The molecule has 0 saturated carbocycles. The summed E-state index contributed by atoms with van der Waals surface area (Å²) in [5.74, 6) is 0. The van der Waals surface area contributed by atoms with Crippen molar-refractivity contribution in [3.05, 3.63) is 217 Å². The normalized spacial score (nSPS) is 13.1. The Kier molecular flexibility index (Phi) is 7.38. The summed E-state index contributed by atoms with van der Waals surface area (Å²) in [5, 5.41) is 12.8. The summed E-state index contributed by atoms with van der Waals surface area (Å²) in [6.07, 6.45) is 0. The molecule has 0 fully saturated rings. The van der Waals surface area contributed by atoms with Crippen LogP contribution in [0.5, 0.6) is 0 Å². The van der Waals surface area contributed by atoms with Gasteiger partial charge in [0.2, 0.25) is 0 Å². The Morgan fingerprint density at radius 1 is 0.237 bits per heavy atom. The topological polar surface area (TPSA) is 0 Å². The molecular weight excluding hydrogens is 709 g/mol. The number of benzene rings is 11. The second kappa shape index (κ2) is 12.9. The predicted octanol–water partition coefficient (Wildman–Crippen LogP) is 16.4. The molecule has 0 nitrogen and oxygen atoms in total. The molecule has 0 amide bonds. The van der Waals surface area contributed by atoms with Crippen LogP contribution in [-0.2, 0) is 5.41 Å². The first kappa shape index (κ1) is 33.8. The van der Waals surface area contributed by atoms with E-state index in [-0.39, 0.29) is 5.41 Å². The van der Waals surface area contributed by atoms with Gasteiger partial charge in [-0.3, -0.25) is 0 Å². The molecule has 0 heterocycles. The van der Waals surface area contributed by atoms with Crippen LogP contribution >= 0.6 is 0 Å². The third-order valence-corrected chi connectivity index (χ3v) is 13.2. The molecular formula is C59H40. The highest BCUT2D eigenvalue weighted by Crippen LogP contribution is 2.51. The lowest BCUT2D eigenvalue weighted by Crippen LogP contribution is -2.15. The lowest BCUT2D eigenvalue weighted by atomic mass is 9.80. The van der Waals surface area contributed by atoms with Crippen LogP contribution in [0.25, 0.3) is 109 Å². The van der Waals surface area contributed by atoms with Crippen LogP contribution in [0.4, 0.5) is 0 Å². The van der Waals surface area contributed by atoms with Gasteiger partial charge in [0.05, 0.1) is 0 Å². The van der Waals surface area contributed by atoms with E-state index in [0.717, 1.165) is 0 Å². The van der Waals surface area contributed by atoms with Gasteiger partial charge in [0.15, 0.2) is 0 Å². The molecule has 0 radical (unpaired) electrons. The average Bonchev–Trinajstić information content (AvgIpc) is 3.53. The molecule has 11 aromatic rings. The van der Waals surface area contributed by atoms with Gasteiger partial charge in [0.1, 0.15) is 0 Å². The standard InChI is InChI=1S/C59H40/c1-59(2)57-35-44(41-21-19-37-11-3-5-13-39(37)29-41)24-27-54(57)55-28-25-45(36-58(55)59)48-32-46(42-22-20-38-12-4-6-14-40(38)30-42)31-47(33-48)43-23-26-53-51-17-8-7-15-49(51)50-16-9-10-18-52(50)56(53)34-43/h3-36H,1-2H3. The fourth-order valence-corrected chi connectivity index (χ4v) is 10.0. The zero-order chi connectivity index (χ0) is 39.2. The summed E-state index contributed by atoms with van der Waals surface area (Å²) in [5.41, 5.74) is 15.1. The first-order valence-corrected chi connectivity index (χ1v) is 20.7. The van der Waals surface area contributed by atoms with Gasteiger partial charge in [-0.1, -0.05) is 172 Å². The molecule has 1 aliphatic carbocycles. The fourth-order valence-electron chi connectivity index (χ4n) is 10.0. The molecule has 0 spiro atoms. The van der Waals surface area contributed by atoms with Crippen LogP contribution < -0.4 is 0 Å². The van der Waals surface area contributed by atoms with Crippen LogP contribution in [0.1, 0.15) is 25.0 Å². The number of rotatable bonds is 4. The van der Waals surface area contributed by atoms with Crippen LogP contribution in [0.3, 0.4) is 0 Å². The number of fused-ring (bicyclic) bond motifs is 11. The third-order valence-electron chi connectivity index (χ3n) is 13.2. The van der Waals surface area contributed by atoms with E-state index in [1.165, 1.54) is 121 Å². The van der Waals surface area contributed by atoms with E-state index in [1.807, 2.05) is 0 Å². The van der Waals surface area contributed by atoms with Gasteiger partial charge >= 0.3 is 0 Å². The van der Waals surface area contributed by atoms with Crippen molar-refractivity contribution in [3.63, 3.8) is 0 Å². The second-order valence-electron chi connectivity index (χ2n) is 16.9. The number of hydrogen-bond acceptors (Lipinski definition) is 0. The molecule has 276 valence electrons. The van der Waals surface area contributed by atoms with E-state index in [4.69, 9.17) is 0 Å². The minimum atomic E-state index is -0.158. The Labute approximate surface area is 344 Å². The van der Waals surface area contributed by atoms with Crippen molar-refractivity contribution in [3.8, 4) is 55.6 Å². The van der Waals surface area contributed by atoms with Crippen molar-refractivity contribution in [2.45, 2.75) is 19.3 Å². The first-order chi connectivity index (χ1) is 29.0. The molecule has 12 rings (SSSR count). The van der Waals surface area contributed by atoms with Crippen LogP contribution in [0.2, 0.25) is 0 Å². The largest absolute Gasteiger partial charge is 0.0616 e. The summed E-state index contributed by atoms with van der Waals surface area (Å²) in [6.45, 7) is 4.79. The van der Waals surface area contributed by atoms with Crippen molar-refractivity contribution < 1.29 is 0 Å². The third kappa shape index (κ3) is 5.37. The van der Waals surface area contributed by atoms with Gasteiger partial charge in [0.25, 0.3) is 0 Å². The van der Waals surface area contributed by atoms with E-state index in [2.05, 4.69) is 220 Å². The molecule has 1 aliphatic rings. The van der Waals surface area contributed by atoms with E-state index >= 15 is 0 Å². The molecule has 0 N–H and O–H groups in total. The zero-order valence-electron chi connectivity index (χ0n) is 33.1. The molecule has 11 aromatic carbocycles. The molecule has 0 atom stereocenters. The van der Waals surface area contributed by atoms with Crippen molar-refractivity contribution in [2.75, 3.05) is 0 Å². The van der Waals surface area contributed by atoms with Gasteiger partial charge in [-0.25, -0.2) is 0 Å². The molecule has 0 aliphatic heterocycles. The average molecular weight is 749 g/mol. The highest BCUT2D eigenvalue weighted by molar-refractivity contribution is 6.25. The monoisotopic (exact) mass is 748 g/mol. The molecule has 59 heavy (non-hydrogen) atoms. The SMILES string of the molecule is CC1(C)c2cc(-c3cc(-c4ccc5ccccc5c4)cc(-c4ccc5c6ccccc6c6ccccc6c5c4)c3)ccc2-c2ccc(-c3ccc4ccccc4c3)cc21. The molecule has 0 bridgehead atoms. The lowest BCUT2D eigenvalue weighted by Gasteiger charge is -2.23. The molecule has 0 aromatic heterocycles. The van der Waals surface area contributed by atoms with Gasteiger partial charge in [-0.15, -0.1) is 0 Å². The Bertz CT molecular complexity index is 3490. The summed E-state index contributed by atoms with van der Waals surface area (Å²) in [6, 6.07) is 77.2. The van der Waals surface area contributed by atoms with Crippen molar-refractivity contribution >= 4 is 53.9 Å². The fraction of sp³-hybridized carbons (Fsp3) is 0.0508. The Morgan fingerprint density at radius 3 is 1.08 bits per heavy atom. The highest BCUT2D eigenvalue weighted by atomic mass is 14.4. The second-order valence-corrected chi connectivity index (χ2v) is 16.9. The Balaban J connectivity index is 1.01. The van der Waals surface area contributed by atoms with E-state index in [1.54, 1.807) is 0 Å². The van der Waals surface area contributed by atoms with E-state index < -0.39 is 0 Å². The van der Waals surface area contributed by atoms with Gasteiger partial charge in [-0.05, 0) is 169 Å². The van der Waals surface area contributed by atoms with Crippen LogP contribution in [0, 0.1) is 0 Å². The quantitative estimate of drug-likeness (QED) is 0.157. The predicted molar refractivity (Wildman–Crippen MR) is 253 cm³/mol. The molecule has 0 heteroatoms. The van der Waals surface area contributed by atoms with E-state index in [0.29, 0.717) is 0 Å². The Morgan fingerprint density at radius 2 is 0.576 bits per heavy atom. The van der Waals surface area contributed by atoms with Crippen molar-refractivity contribution in [1.82, 2.24) is 0 Å². The molecule has 0 unspecified atom stereocenters. The van der Waals surface area contributed by atoms with Crippen molar-refractivity contribution in [1.29, 1.82) is 0 Å². The zero-order valence-corrected chi connectivity index (χ0v) is 33.1. The van der Waals surface area contributed by atoms with Crippen LogP contribution in [-0.4, -0.2) is 0 Å². The summed E-state index contributed by atoms with van der Waals surface area (Å²) in [4.78, 5) is 0. The van der Waals surface area contributed by atoms with E-state index in [9.17, 15) is 0 Å². The highest BCUT2D eigenvalue weighted by Gasteiger charge is 2.36. The Hall–Kier alpha value is -7.28. The maximum Gasteiger partial charge on any atom is 0.0159 e.